The molecular weight excluding hydrogens is 420 g/mol. The Morgan fingerprint density at radius 2 is 2.00 bits per heavy atom. The van der Waals surface area contributed by atoms with Gasteiger partial charge in [-0.15, -0.1) is 0 Å². The minimum absolute atomic E-state index is 0.0138. The van der Waals surface area contributed by atoms with Gasteiger partial charge in [0.15, 0.2) is 11.3 Å². The predicted molar refractivity (Wildman–Crippen MR) is 124 cm³/mol. The number of carbonyl (C=O) groups is 2. The first-order chi connectivity index (χ1) is 16.0. The quantitative estimate of drug-likeness (QED) is 0.639. The average molecular weight is 449 g/mol. The molecule has 3 heterocycles. The van der Waals surface area contributed by atoms with Crippen LogP contribution in [0.2, 0.25) is 0 Å². The van der Waals surface area contributed by atoms with Crippen molar-refractivity contribution in [3.8, 4) is 5.75 Å². The molecule has 1 N–H and O–H groups in total. The third-order valence-corrected chi connectivity index (χ3v) is 7.19. The van der Waals surface area contributed by atoms with Crippen LogP contribution >= 0.6 is 0 Å². The summed E-state index contributed by atoms with van der Waals surface area (Å²) in [5, 5.41) is 3.89. The Kier molecular flexibility index (Phi) is 5.44. The monoisotopic (exact) mass is 448 g/mol. The smallest absolute Gasteiger partial charge is 0.324 e. The summed E-state index contributed by atoms with van der Waals surface area (Å²) in [6.07, 6.45) is 6.31. The van der Waals surface area contributed by atoms with Crippen molar-refractivity contribution in [2.45, 2.75) is 19.3 Å². The summed E-state index contributed by atoms with van der Waals surface area (Å²) >= 11 is 0. The van der Waals surface area contributed by atoms with E-state index in [9.17, 15) is 9.59 Å². The highest BCUT2D eigenvalue weighted by atomic mass is 16.5. The van der Waals surface area contributed by atoms with Crippen LogP contribution in [0.1, 0.15) is 29.8 Å². The molecule has 0 radical (unpaired) electrons. The van der Waals surface area contributed by atoms with Crippen molar-refractivity contribution < 1.29 is 18.7 Å². The van der Waals surface area contributed by atoms with Gasteiger partial charge in [0.25, 0.3) is 5.91 Å². The van der Waals surface area contributed by atoms with E-state index in [4.69, 9.17) is 9.15 Å². The average Bonchev–Trinajstić information content (AvgIpc) is 3.33. The van der Waals surface area contributed by atoms with Crippen LogP contribution < -0.4 is 15.0 Å². The lowest BCUT2D eigenvalue weighted by molar-refractivity contribution is 0.0922. The second-order valence-electron chi connectivity index (χ2n) is 9.02. The highest BCUT2D eigenvalue weighted by Gasteiger charge is 2.55. The van der Waals surface area contributed by atoms with Crippen molar-refractivity contribution in [1.29, 1.82) is 0 Å². The summed E-state index contributed by atoms with van der Waals surface area (Å²) in [5.41, 5.74) is 1.69. The fourth-order valence-corrected chi connectivity index (χ4v) is 4.90. The number of anilines is 1. The van der Waals surface area contributed by atoms with E-state index in [0.29, 0.717) is 23.8 Å². The van der Waals surface area contributed by atoms with Crippen molar-refractivity contribution in [2.24, 2.45) is 11.3 Å². The van der Waals surface area contributed by atoms with Crippen molar-refractivity contribution >= 4 is 28.6 Å². The zero-order valence-corrected chi connectivity index (χ0v) is 18.9. The lowest BCUT2D eigenvalue weighted by atomic mass is 9.91. The van der Waals surface area contributed by atoms with Gasteiger partial charge in [0, 0.05) is 44.0 Å². The van der Waals surface area contributed by atoms with Gasteiger partial charge in [0.1, 0.15) is 5.75 Å². The van der Waals surface area contributed by atoms with Gasteiger partial charge in [-0.2, -0.15) is 0 Å². The van der Waals surface area contributed by atoms with E-state index in [2.05, 4.69) is 10.3 Å². The number of rotatable bonds is 5. The molecule has 1 aromatic carbocycles. The molecular formula is C25H28N4O4. The maximum atomic E-state index is 13.0. The Labute approximate surface area is 192 Å². The van der Waals surface area contributed by atoms with E-state index >= 15 is 0 Å². The van der Waals surface area contributed by atoms with Crippen LogP contribution in [0.15, 0.2) is 53.2 Å². The number of aromatic nitrogens is 1. The second-order valence-corrected chi connectivity index (χ2v) is 9.02. The summed E-state index contributed by atoms with van der Waals surface area (Å²) in [7, 11) is 3.43. The molecule has 172 valence electrons. The molecule has 1 atom stereocenters. The van der Waals surface area contributed by atoms with Crippen LogP contribution in [0.3, 0.4) is 0 Å². The lowest BCUT2D eigenvalue weighted by Gasteiger charge is -2.35. The second kappa shape index (κ2) is 8.42. The van der Waals surface area contributed by atoms with Crippen molar-refractivity contribution in [3.63, 3.8) is 0 Å². The van der Waals surface area contributed by atoms with Gasteiger partial charge in [-0.1, -0.05) is 0 Å². The van der Waals surface area contributed by atoms with Gasteiger partial charge in [-0.25, -0.2) is 4.79 Å². The molecule has 3 amide bonds. The van der Waals surface area contributed by atoms with E-state index in [1.807, 2.05) is 35.2 Å². The number of pyridine rings is 1. The van der Waals surface area contributed by atoms with E-state index in [-0.39, 0.29) is 17.4 Å². The molecule has 2 aliphatic rings. The van der Waals surface area contributed by atoms with Crippen molar-refractivity contribution in [3.05, 3.63) is 54.6 Å². The number of nitrogens with zero attached hydrogens (tertiary/aromatic N) is 3. The Bertz CT molecular complexity index is 1130. The summed E-state index contributed by atoms with van der Waals surface area (Å²) in [4.78, 5) is 33.1. The lowest BCUT2D eigenvalue weighted by Crippen LogP contribution is -2.46. The molecule has 8 heteroatoms. The zero-order valence-electron chi connectivity index (χ0n) is 18.9. The summed E-state index contributed by atoms with van der Waals surface area (Å²) in [5.74, 6) is 1.34. The zero-order chi connectivity index (χ0) is 23.0. The molecule has 5 rings (SSSR count). The van der Waals surface area contributed by atoms with Crippen LogP contribution in [0.4, 0.5) is 10.5 Å². The van der Waals surface area contributed by atoms with Crippen LogP contribution in [-0.2, 0) is 0 Å². The number of hydrogen-bond donors (Lipinski definition) is 1. The van der Waals surface area contributed by atoms with Crippen LogP contribution in [-0.4, -0.2) is 55.6 Å². The molecule has 33 heavy (non-hydrogen) atoms. The maximum absolute atomic E-state index is 13.0. The van der Waals surface area contributed by atoms with Gasteiger partial charge in [-0.05, 0) is 67.0 Å². The Morgan fingerprint density at radius 3 is 2.70 bits per heavy atom. The standard InChI is InChI=1S/C25H28N4O4/c1-28(19-3-5-20(32-2)6-4-19)24(31)29-11-8-25(9-12-29)14-18(25)15-27-23(30)21-13-17-7-10-26-16-22(17)33-21/h3-7,10,13,16,18H,8-9,11-12,14-15H2,1-2H3,(H,27,30). The molecule has 2 aromatic heterocycles. The third kappa shape index (κ3) is 4.13. The van der Waals surface area contributed by atoms with E-state index in [0.717, 1.165) is 49.2 Å². The molecule has 8 nitrogen and oxygen atoms in total. The van der Waals surface area contributed by atoms with Crippen LogP contribution in [0.25, 0.3) is 11.0 Å². The number of urea groups is 1. The SMILES string of the molecule is COc1ccc(N(C)C(=O)N2CCC3(CC2)CC3CNC(=O)c2cc3ccncc3o2)cc1. The van der Waals surface area contributed by atoms with Crippen molar-refractivity contribution in [2.75, 3.05) is 38.7 Å². The van der Waals surface area contributed by atoms with Gasteiger partial charge >= 0.3 is 6.03 Å². The Balaban J connectivity index is 1.11. The Morgan fingerprint density at radius 1 is 1.24 bits per heavy atom. The van der Waals surface area contributed by atoms with E-state index < -0.39 is 0 Å². The van der Waals surface area contributed by atoms with Gasteiger partial charge in [0.2, 0.25) is 0 Å². The van der Waals surface area contributed by atoms with Gasteiger partial charge in [-0.3, -0.25) is 14.7 Å². The number of benzene rings is 1. The van der Waals surface area contributed by atoms with E-state index in [1.54, 1.807) is 37.5 Å². The molecule has 3 aromatic rings. The number of fused-ring (bicyclic) bond motifs is 1. The Hall–Kier alpha value is -3.55. The first-order valence-corrected chi connectivity index (χ1v) is 11.3. The topological polar surface area (TPSA) is 87.9 Å². The molecule has 1 spiro atoms. The molecule has 1 saturated heterocycles. The number of nitrogens with one attached hydrogen (secondary N) is 1. The summed E-state index contributed by atoms with van der Waals surface area (Å²) in [6.45, 7) is 2.11. The van der Waals surface area contributed by atoms with E-state index in [1.165, 1.54) is 0 Å². The molecule has 1 aliphatic carbocycles. The fourth-order valence-electron chi connectivity index (χ4n) is 4.90. The molecule has 0 bridgehead atoms. The predicted octanol–water partition coefficient (Wildman–Crippen LogP) is 3.92. The highest BCUT2D eigenvalue weighted by molar-refractivity contribution is 5.96. The number of hydrogen-bond acceptors (Lipinski definition) is 5. The fraction of sp³-hybridized carbons (Fsp3) is 0.400. The van der Waals surface area contributed by atoms with Gasteiger partial charge in [0.05, 0.1) is 13.3 Å². The minimum Gasteiger partial charge on any atom is -0.497 e. The first kappa shape index (κ1) is 21.3. The van der Waals surface area contributed by atoms with Gasteiger partial charge < -0.3 is 19.4 Å². The number of carbonyl (C=O) groups excluding carboxylic acids is 2. The highest BCUT2D eigenvalue weighted by Crippen LogP contribution is 2.59. The molecule has 2 fully saturated rings. The number of likely N-dealkylation sites (tertiary alicyclic amines) is 1. The van der Waals surface area contributed by atoms with Crippen molar-refractivity contribution in [1.82, 2.24) is 15.2 Å². The summed E-state index contributed by atoms with van der Waals surface area (Å²) in [6, 6.07) is 11.1. The van der Waals surface area contributed by atoms with Crippen LogP contribution in [0, 0.1) is 11.3 Å². The first-order valence-electron chi connectivity index (χ1n) is 11.3. The molecule has 1 saturated carbocycles. The number of piperidine rings is 1. The summed E-state index contributed by atoms with van der Waals surface area (Å²) < 4.78 is 10.8. The number of amides is 3. The molecule has 1 aliphatic heterocycles. The van der Waals surface area contributed by atoms with Crippen LogP contribution in [0.5, 0.6) is 5.75 Å². The third-order valence-electron chi connectivity index (χ3n) is 7.19. The number of methoxy groups -OCH3 is 1. The molecule has 1 unspecified atom stereocenters. The largest absolute Gasteiger partial charge is 0.497 e. The normalized spacial score (nSPS) is 18.8. The maximum Gasteiger partial charge on any atom is 0.324 e. The number of ether oxygens (including phenoxy) is 1. The minimum atomic E-state index is -0.193. The number of furan rings is 1.